The molecule has 0 saturated carbocycles. The molecule has 0 saturated heterocycles. The van der Waals surface area contributed by atoms with Crippen LogP contribution in [0.3, 0.4) is 0 Å². The van der Waals surface area contributed by atoms with Crippen LogP contribution in [0, 0.1) is 3.95 Å². The largest absolute Gasteiger partial charge is 0.383 e. The van der Waals surface area contributed by atoms with Crippen LogP contribution >= 0.6 is 46.9 Å². The van der Waals surface area contributed by atoms with Crippen LogP contribution in [0.15, 0.2) is 28.6 Å². The van der Waals surface area contributed by atoms with Crippen molar-refractivity contribution in [3.05, 3.63) is 33.2 Å². The first-order valence-electron chi connectivity index (χ1n) is 6.34. The third kappa shape index (κ3) is 5.06. The van der Waals surface area contributed by atoms with Gasteiger partial charge in [0.2, 0.25) is 5.91 Å². The Hall–Kier alpha value is -0.930. The lowest BCUT2D eigenvalue weighted by Crippen LogP contribution is -2.28. The minimum Gasteiger partial charge on any atom is -0.383 e. The number of carbonyl (C=O) groups excluding carboxylic acids is 1. The van der Waals surface area contributed by atoms with Crippen molar-refractivity contribution in [2.45, 2.75) is 4.34 Å². The fraction of sp³-hybridized carbons (Fsp3) is 0.308. The number of rotatable bonds is 7. The number of benzene rings is 1. The zero-order valence-electron chi connectivity index (χ0n) is 11.7. The molecular weight excluding hydrogens is 362 g/mol. The summed E-state index contributed by atoms with van der Waals surface area (Å²) in [7, 11) is 1.59. The first-order valence-corrected chi connectivity index (χ1v) is 8.93. The van der Waals surface area contributed by atoms with Crippen LogP contribution in [0.5, 0.6) is 0 Å². The van der Waals surface area contributed by atoms with E-state index in [2.05, 4.69) is 10.4 Å². The second-order valence-electron chi connectivity index (χ2n) is 4.15. The molecule has 1 heterocycles. The average Bonchev–Trinajstić information content (AvgIpc) is 2.87. The number of methoxy groups -OCH3 is 1. The molecule has 0 aliphatic carbocycles. The number of nitrogens with one attached hydrogen (secondary N) is 1. The molecule has 0 spiro atoms. The fourth-order valence-electron chi connectivity index (χ4n) is 1.54. The molecule has 2 aromatic rings. The lowest BCUT2D eigenvalue weighted by molar-refractivity contribution is -0.118. The molecule has 0 atom stereocenters. The zero-order valence-corrected chi connectivity index (χ0v) is 14.9. The number of nitrogens with zero attached hydrogens (tertiary/aromatic N) is 2. The summed E-state index contributed by atoms with van der Waals surface area (Å²) in [6.07, 6.45) is 0. The van der Waals surface area contributed by atoms with E-state index >= 15 is 0 Å². The van der Waals surface area contributed by atoms with Gasteiger partial charge in [-0.25, -0.2) is 4.68 Å². The zero-order chi connectivity index (χ0) is 15.9. The minimum atomic E-state index is -0.0544. The van der Waals surface area contributed by atoms with Crippen LogP contribution in [0.2, 0.25) is 5.02 Å². The predicted molar refractivity (Wildman–Crippen MR) is 92.9 cm³/mol. The number of hydrogen-bond acceptors (Lipinski definition) is 6. The SMILES string of the molecule is COCCNC(=O)CSc1nn(-c2ccc(Cl)cc2)c(=S)s1. The highest BCUT2D eigenvalue weighted by molar-refractivity contribution is 8.01. The van der Waals surface area contributed by atoms with E-state index in [0.29, 0.717) is 27.9 Å². The van der Waals surface area contributed by atoms with Crippen LogP contribution in [-0.4, -0.2) is 41.7 Å². The molecule has 1 N–H and O–H groups in total. The third-order valence-corrected chi connectivity index (χ3v) is 5.17. The van der Waals surface area contributed by atoms with Gasteiger partial charge >= 0.3 is 0 Å². The Bertz CT molecular complexity index is 685. The van der Waals surface area contributed by atoms with Gasteiger partial charge in [-0.1, -0.05) is 34.7 Å². The second-order valence-corrected chi connectivity index (χ2v) is 7.44. The van der Waals surface area contributed by atoms with Gasteiger partial charge in [0.1, 0.15) is 0 Å². The van der Waals surface area contributed by atoms with Crippen LogP contribution < -0.4 is 5.32 Å². The molecule has 0 bridgehead atoms. The Balaban J connectivity index is 1.97. The molecule has 0 aliphatic rings. The Morgan fingerprint density at radius 2 is 2.23 bits per heavy atom. The normalized spacial score (nSPS) is 10.6. The maximum Gasteiger partial charge on any atom is 0.230 e. The summed E-state index contributed by atoms with van der Waals surface area (Å²) in [4.78, 5) is 11.6. The van der Waals surface area contributed by atoms with Crippen molar-refractivity contribution in [3.63, 3.8) is 0 Å². The molecule has 0 radical (unpaired) electrons. The number of amides is 1. The molecule has 1 aromatic heterocycles. The topological polar surface area (TPSA) is 56.1 Å². The monoisotopic (exact) mass is 375 g/mol. The molecule has 1 amide bonds. The highest BCUT2D eigenvalue weighted by Gasteiger charge is 2.09. The summed E-state index contributed by atoms with van der Waals surface area (Å²) in [6.45, 7) is 1.01. The lowest BCUT2D eigenvalue weighted by atomic mass is 10.3. The van der Waals surface area contributed by atoms with E-state index in [1.54, 1.807) is 23.9 Å². The lowest BCUT2D eigenvalue weighted by Gasteiger charge is -2.02. The van der Waals surface area contributed by atoms with Gasteiger partial charge in [0, 0.05) is 18.7 Å². The molecule has 0 fully saturated rings. The summed E-state index contributed by atoms with van der Waals surface area (Å²) in [5.74, 6) is 0.244. The number of ether oxygens (including phenoxy) is 1. The van der Waals surface area contributed by atoms with Gasteiger partial charge < -0.3 is 10.1 Å². The first-order chi connectivity index (χ1) is 10.6. The Labute approximate surface area is 146 Å². The third-order valence-electron chi connectivity index (χ3n) is 2.56. The van der Waals surface area contributed by atoms with E-state index in [1.807, 2.05) is 12.1 Å². The highest BCUT2D eigenvalue weighted by Crippen LogP contribution is 2.24. The van der Waals surface area contributed by atoms with Gasteiger partial charge in [-0.15, -0.1) is 5.10 Å². The van der Waals surface area contributed by atoms with E-state index in [9.17, 15) is 4.79 Å². The quantitative estimate of drug-likeness (QED) is 0.457. The van der Waals surface area contributed by atoms with Crippen molar-refractivity contribution in [1.29, 1.82) is 0 Å². The smallest absolute Gasteiger partial charge is 0.230 e. The van der Waals surface area contributed by atoms with E-state index in [1.165, 1.54) is 23.1 Å². The first kappa shape index (κ1) is 17.4. The standard InChI is InChI=1S/C13H14ClN3O2S3/c1-19-7-6-15-11(18)8-21-12-16-17(13(20)22-12)10-4-2-9(14)3-5-10/h2-5H,6-8H2,1H3,(H,15,18). The van der Waals surface area contributed by atoms with Crippen LogP contribution in [0.25, 0.3) is 5.69 Å². The Morgan fingerprint density at radius 3 is 2.91 bits per heavy atom. The van der Waals surface area contributed by atoms with Crippen molar-refractivity contribution < 1.29 is 9.53 Å². The molecule has 5 nitrogen and oxygen atoms in total. The molecular formula is C13H14ClN3O2S3. The summed E-state index contributed by atoms with van der Waals surface area (Å²) < 4.78 is 7.92. The molecule has 2 rings (SSSR count). The van der Waals surface area contributed by atoms with Gasteiger partial charge in [-0.3, -0.25) is 4.79 Å². The number of thioether (sulfide) groups is 1. The predicted octanol–water partition coefficient (Wildman–Crippen LogP) is 3.17. The van der Waals surface area contributed by atoms with Crippen molar-refractivity contribution in [2.24, 2.45) is 0 Å². The van der Waals surface area contributed by atoms with Crippen LogP contribution in [0.4, 0.5) is 0 Å². The van der Waals surface area contributed by atoms with Gasteiger partial charge in [-0.05, 0) is 36.5 Å². The molecule has 1 aromatic carbocycles. The van der Waals surface area contributed by atoms with E-state index < -0.39 is 0 Å². The second kappa shape index (κ2) is 8.64. The van der Waals surface area contributed by atoms with E-state index in [-0.39, 0.29) is 5.91 Å². The number of aromatic nitrogens is 2. The Morgan fingerprint density at radius 1 is 1.50 bits per heavy atom. The van der Waals surface area contributed by atoms with Crippen LogP contribution in [-0.2, 0) is 9.53 Å². The molecule has 0 unspecified atom stereocenters. The van der Waals surface area contributed by atoms with E-state index in [0.717, 1.165) is 10.0 Å². The maximum atomic E-state index is 11.6. The van der Waals surface area contributed by atoms with Crippen molar-refractivity contribution in [3.8, 4) is 5.69 Å². The summed E-state index contributed by atoms with van der Waals surface area (Å²) >= 11 is 13.9. The molecule has 0 aliphatic heterocycles. The molecule has 118 valence electrons. The summed E-state index contributed by atoms with van der Waals surface area (Å²) in [6, 6.07) is 7.27. The highest BCUT2D eigenvalue weighted by atomic mass is 35.5. The van der Waals surface area contributed by atoms with Crippen molar-refractivity contribution >= 4 is 52.8 Å². The van der Waals surface area contributed by atoms with Crippen LogP contribution in [0.1, 0.15) is 0 Å². The van der Waals surface area contributed by atoms with Gasteiger partial charge in [0.15, 0.2) is 8.29 Å². The maximum absolute atomic E-state index is 11.6. The minimum absolute atomic E-state index is 0.0544. The number of carbonyl (C=O) groups is 1. The fourth-order valence-corrected chi connectivity index (χ4v) is 3.85. The van der Waals surface area contributed by atoms with E-state index in [4.69, 9.17) is 28.6 Å². The summed E-state index contributed by atoms with van der Waals surface area (Å²) in [5, 5.41) is 7.84. The van der Waals surface area contributed by atoms with Crippen molar-refractivity contribution in [1.82, 2.24) is 15.1 Å². The molecule has 22 heavy (non-hydrogen) atoms. The Kier molecular flexibility index (Phi) is 6.84. The average molecular weight is 376 g/mol. The molecule has 9 heteroatoms. The summed E-state index contributed by atoms with van der Waals surface area (Å²) in [5.41, 5.74) is 0.849. The number of halogens is 1. The van der Waals surface area contributed by atoms with Gasteiger partial charge in [0.05, 0.1) is 18.0 Å². The number of hydrogen-bond donors (Lipinski definition) is 1. The van der Waals surface area contributed by atoms with Gasteiger partial charge in [0.25, 0.3) is 0 Å². The van der Waals surface area contributed by atoms with Crippen molar-refractivity contribution in [2.75, 3.05) is 26.0 Å². The van der Waals surface area contributed by atoms with Gasteiger partial charge in [-0.2, -0.15) is 0 Å².